The van der Waals surface area contributed by atoms with Crippen LogP contribution in [-0.4, -0.2) is 44.3 Å². The average molecular weight is 369 g/mol. The normalized spacial score (nSPS) is 17.5. The van der Waals surface area contributed by atoms with Crippen molar-refractivity contribution in [3.05, 3.63) is 48.0 Å². The number of ether oxygens (including phenoxy) is 4. The van der Waals surface area contributed by atoms with Crippen molar-refractivity contribution >= 4 is 17.6 Å². The molecule has 2 aliphatic heterocycles. The molecule has 0 spiro atoms. The van der Waals surface area contributed by atoms with Gasteiger partial charge in [0.1, 0.15) is 19.0 Å². The van der Waals surface area contributed by atoms with Crippen LogP contribution in [-0.2, 0) is 14.3 Å². The van der Waals surface area contributed by atoms with Gasteiger partial charge < -0.3 is 23.8 Å². The Morgan fingerprint density at radius 1 is 1.11 bits per heavy atom. The molecule has 0 saturated carbocycles. The minimum Gasteiger partial charge on any atom is -0.490 e. The van der Waals surface area contributed by atoms with Crippen molar-refractivity contribution in [2.45, 2.75) is 13.0 Å². The van der Waals surface area contributed by atoms with E-state index in [0.717, 1.165) is 5.56 Å². The Bertz CT molecular complexity index is 881. The summed E-state index contributed by atoms with van der Waals surface area (Å²) in [6.45, 7) is 2.42. The Labute approximate surface area is 156 Å². The van der Waals surface area contributed by atoms with E-state index in [1.54, 1.807) is 23.1 Å². The quantitative estimate of drug-likeness (QED) is 0.772. The van der Waals surface area contributed by atoms with Crippen LogP contribution in [0, 0.1) is 6.92 Å². The van der Waals surface area contributed by atoms with Crippen LogP contribution in [0.2, 0.25) is 0 Å². The maximum absolute atomic E-state index is 12.6. The molecule has 7 nitrogen and oxygen atoms in total. The zero-order chi connectivity index (χ0) is 18.8. The first-order valence-electron chi connectivity index (χ1n) is 8.71. The molecule has 27 heavy (non-hydrogen) atoms. The van der Waals surface area contributed by atoms with Crippen molar-refractivity contribution in [3.8, 4) is 17.2 Å². The fraction of sp³-hybridized carbons (Fsp3) is 0.300. The van der Waals surface area contributed by atoms with Gasteiger partial charge in [-0.15, -0.1) is 0 Å². The minimum atomic E-state index is -0.896. The summed E-state index contributed by atoms with van der Waals surface area (Å²) < 4.78 is 21.9. The van der Waals surface area contributed by atoms with Crippen molar-refractivity contribution in [3.63, 3.8) is 0 Å². The van der Waals surface area contributed by atoms with Gasteiger partial charge in [0.25, 0.3) is 5.91 Å². The summed E-state index contributed by atoms with van der Waals surface area (Å²) in [5, 5.41) is 0. The van der Waals surface area contributed by atoms with E-state index in [0.29, 0.717) is 36.1 Å². The van der Waals surface area contributed by atoms with Gasteiger partial charge in [0.2, 0.25) is 6.10 Å². The number of hydrogen-bond donors (Lipinski definition) is 0. The predicted molar refractivity (Wildman–Crippen MR) is 96.3 cm³/mol. The number of nitrogens with zero attached hydrogens (tertiary/aromatic N) is 1. The highest BCUT2D eigenvalue weighted by atomic mass is 16.6. The molecule has 2 aromatic rings. The van der Waals surface area contributed by atoms with Gasteiger partial charge in [0.15, 0.2) is 18.1 Å². The Kier molecular flexibility index (Phi) is 4.58. The molecule has 7 heteroatoms. The number of esters is 1. The standard InChI is InChI=1S/C20H19NO6/c1-13-6-7-15-14(10-13)21(8-9-24-15)19(22)12-26-20(23)18-11-25-16-4-2-3-5-17(16)27-18/h2-7,10,18H,8-9,11-12H2,1H3/t18-/m1/s1. The fourth-order valence-corrected chi connectivity index (χ4v) is 3.03. The number of para-hydroxylation sites is 2. The number of rotatable bonds is 3. The molecule has 2 aromatic carbocycles. The number of anilines is 1. The molecule has 0 bridgehead atoms. The second-order valence-electron chi connectivity index (χ2n) is 6.34. The van der Waals surface area contributed by atoms with E-state index in [4.69, 9.17) is 18.9 Å². The highest BCUT2D eigenvalue weighted by molar-refractivity contribution is 5.97. The lowest BCUT2D eigenvalue weighted by Crippen LogP contribution is -2.43. The molecule has 0 unspecified atom stereocenters. The van der Waals surface area contributed by atoms with E-state index in [-0.39, 0.29) is 19.1 Å². The number of hydrogen-bond acceptors (Lipinski definition) is 6. The van der Waals surface area contributed by atoms with Crippen LogP contribution in [0.15, 0.2) is 42.5 Å². The molecule has 0 radical (unpaired) electrons. The zero-order valence-electron chi connectivity index (χ0n) is 14.8. The number of carbonyl (C=O) groups is 2. The maximum Gasteiger partial charge on any atom is 0.351 e. The van der Waals surface area contributed by atoms with Crippen LogP contribution in [0.5, 0.6) is 17.2 Å². The van der Waals surface area contributed by atoms with Crippen molar-refractivity contribution in [2.75, 3.05) is 31.3 Å². The monoisotopic (exact) mass is 369 g/mol. The van der Waals surface area contributed by atoms with Crippen LogP contribution in [0.1, 0.15) is 5.56 Å². The van der Waals surface area contributed by atoms with Gasteiger partial charge in [0, 0.05) is 0 Å². The third-order valence-corrected chi connectivity index (χ3v) is 4.39. The van der Waals surface area contributed by atoms with E-state index in [1.807, 2.05) is 31.2 Å². The summed E-state index contributed by atoms with van der Waals surface area (Å²) in [5.74, 6) is 0.769. The molecule has 0 aliphatic carbocycles. The van der Waals surface area contributed by atoms with Gasteiger partial charge in [-0.1, -0.05) is 18.2 Å². The van der Waals surface area contributed by atoms with Gasteiger partial charge in [0.05, 0.1) is 12.2 Å². The number of fused-ring (bicyclic) bond motifs is 2. The molecular formula is C20H19NO6. The Hall–Kier alpha value is -3.22. The Morgan fingerprint density at radius 2 is 1.93 bits per heavy atom. The first kappa shape index (κ1) is 17.2. The SMILES string of the molecule is Cc1ccc2c(c1)N(C(=O)COC(=O)[C@H]1COc3ccccc3O1)CCO2. The topological polar surface area (TPSA) is 74.3 Å². The van der Waals surface area contributed by atoms with Crippen LogP contribution >= 0.6 is 0 Å². The zero-order valence-corrected chi connectivity index (χ0v) is 14.8. The van der Waals surface area contributed by atoms with Crippen LogP contribution in [0.25, 0.3) is 0 Å². The second kappa shape index (κ2) is 7.19. The summed E-state index contributed by atoms with van der Waals surface area (Å²) in [6, 6.07) is 12.7. The summed E-state index contributed by atoms with van der Waals surface area (Å²) >= 11 is 0. The largest absolute Gasteiger partial charge is 0.490 e. The van der Waals surface area contributed by atoms with Gasteiger partial charge >= 0.3 is 5.97 Å². The first-order chi connectivity index (χ1) is 13.1. The number of benzene rings is 2. The van der Waals surface area contributed by atoms with Crippen LogP contribution in [0.4, 0.5) is 5.69 Å². The van der Waals surface area contributed by atoms with Gasteiger partial charge in [-0.05, 0) is 36.8 Å². The lowest BCUT2D eigenvalue weighted by atomic mass is 10.1. The van der Waals surface area contributed by atoms with Gasteiger partial charge in [-0.3, -0.25) is 4.79 Å². The number of amides is 1. The van der Waals surface area contributed by atoms with E-state index in [2.05, 4.69) is 0 Å². The van der Waals surface area contributed by atoms with Gasteiger partial charge in [-0.25, -0.2) is 4.79 Å². The Morgan fingerprint density at radius 3 is 2.78 bits per heavy atom. The molecule has 4 rings (SSSR count). The van der Waals surface area contributed by atoms with Crippen LogP contribution in [0.3, 0.4) is 0 Å². The lowest BCUT2D eigenvalue weighted by Gasteiger charge is -2.30. The minimum absolute atomic E-state index is 0.0453. The van der Waals surface area contributed by atoms with Crippen molar-refractivity contribution in [1.29, 1.82) is 0 Å². The summed E-state index contributed by atoms with van der Waals surface area (Å²) in [4.78, 5) is 26.4. The molecule has 1 amide bonds. The highest BCUT2D eigenvalue weighted by Gasteiger charge is 2.30. The van der Waals surface area contributed by atoms with E-state index in [9.17, 15) is 9.59 Å². The average Bonchev–Trinajstić information content (AvgIpc) is 2.70. The molecule has 0 aromatic heterocycles. The second-order valence-corrected chi connectivity index (χ2v) is 6.34. The van der Waals surface area contributed by atoms with Crippen molar-refractivity contribution in [2.24, 2.45) is 0 Å². The molecule has 1 atom stereocenters. The van der Waals surface area contributed by atoms with Crippen LogP contribution < -0.4 is 19.1 Å². The molecular weight excluding hydrogens is 350 g/mol. The lowest BCUT2D eigenvalue weighted by molar-refractivity contribution is -0.157. The molecule has 0 N–H and O–H groups in total. The third-order valence-electron chi connectivity index (χ3n) is 4.39. The molecule has 2 heterocycles. The summed E-state index contributed by atoms with van der Waals surface area (Å²) in [7, 11) is 0. The smallest absolute Gasteiger partial charge is 0.351 e. The Balaban J connectivity index is 1.38. The van der Waals surface area contributed by atoms with Gasteiger partial charge in [-0.2, -0.15) is 0 Å². The molecule has 140 valence electrons. The number of carbonyl (C=O) groups excluding carboxylic acids is 2. The van der Waals surface area contributed by atoms with Crippen molar-refractivity contribution in [1.82, 2.24) is 0 Å². The highest BCUT2D eigenvalue weighted by Crippen LogP contribution is 2.33. The molecule has 2 aliphatic rings. The summed E-state index contributed by atoms with van der Waals surface area (Å²) in [5.41, 5.74) is 1.70. The molecule has 0 saturated heterocycles. The predicted octanol–water partition coefficient (Wildman–Crippen LogP) is 2.10. The third kappa shape index (κ3) is 3.53. The fourth-order valence-electron chi connectivity index (χ4n) is 3.03. The summed E-state index contributed by atoms with van der Waals surface area (Å²) in [6.07, 6.45) is -0.896. The van der Waals surface area contributed by atoms with Crippen molar-refractivity contribution < 1.29 is 28.5 Å². The molecule has 0 fully saturated rings. The van der Waals surface area contributed by atoms with E-state index in [1.165, 1.54) is 0 Å². The maximum atomic E-state index is 12.6. The van der Waals surface area contributed by atoms with E-state index < -0.39 is 12.1 Å². The van der Waals surface area contributed by atoms with E-state index >= 15 is 0 Å². The first-order valence-corrected chi connectivity index (χ1v) is 8.71. The number of aryl methyl sites for hydroxylation is 1.